The maximum atomic E-state index is 12.2. The van der Waals surface area contributed by atoms with E-state index in [1.807, 2.05) is 13.8 Å². The summed E-state index contributed by atoms with van der Waals surface area (Å²) in [6.07, 6.45) is 1.07. The first-order valence-corrected chi connectivity index (χ1v) is 11.0. The maximum Gasteiger partial charge on any atom is 0.472 e. The van der Waals surface area contributed by atoms with Gasteiger partial charge in [-0.15, -0.1) is 0 Å². The predicted octanol–water partition coefficient (Wildman–Crippen LogP) is 3.04. The van der Waals surface area contributed by atoms with Gasteiger partial charge in [0.25, 0.3) is 0 Å². The summed E-state index contributed by atoms with van der Waals surface area (Å²) < 4.78 is 37.8. The zero-order valence-corrected chi connectivity index (χ0v) is 16.5. The van der Waals surface area contributed by atoms with Crippen molar-refractivity contribution in [3.05, 3.63) is 0 Å². The Morgan fingerprint density at radius 3 is 2.00 bits per heavy atom. The summed E-state index contributed by atoms with van der Waals surface area (Å²) in [6.45, 7) is 7.06. The first-order chi connectivity index (χ1) is 10.9. The van der Waals surface area contributed by atoms with E-state index in [1.165, 1.54) is 0 Å². The summed E-state index contributed by atoms with van der Waals surface area (Å²) in [5, 5.41) is 0. The number of hydrogen-bond donors (Lipinski definition) is 3. The Balaban J connectivity index is 4.82. The van der Waals surface area contributed by atoms with Crippen LogP contribution in [0.4, 0.5) is 0 Å². The smallest absolute Gasteiger partial charge is 0.303 e. The maximum absolute atomic E-state index is 12.2. The van der Waals surface area contributed by atoms with E-state index >= 15 is 0 Å². The zero-order valence-electron chi connectivity index (χ0n) is 14.8. The van der Waals surface area contributed by atoms with Crippen LogP contribution in [0.5, 0.6) is 0 Å². The Labute approximate surface area is 145 Å². The second-order valence-corrected chi connectivity index (χ2v) is 8.68. The number of hydrogen-bond acceptors (Lipinski definition) is 5. The van der Waals surface area contributed by atoms with Gasteiger partial charge in [-0.1, -0.05) is 34.0 Å². The van der Waals surface area contributed by atoms with E-state index < -0.39 is 21.2 Å². The molecule has 0 aliphatic heterocycles. The van der Waals surface area contributed by atoms with Crippen LogP contribution in [-0.2, 0) is 22.7 Å². The van der Waals surface area contributed by atoms with E-state index in [0.717, 1.165) is 0 Å². The van der Waals surface area contributed by atoms with Crippen molar-refractivity contribution in [1.82, 2.24) is 0 Å². The highest BCUT2D eigenvalue weighted by Crippen LogP contribution is 2.51. The molecule has 0 heterocycles. The van der Waals surface area contributed by atoms with Gasteiger partial charge in [0.05, 0.1) is 26.7 Å². The molecule has 2 radical (unpaired) electrons. The van der Waals surface area contributed by atoms with Gasteiger partial charge in [-0.3, -0.25) is 13.6 Å². The van der Waals surface area contributed by atoms with Gasteiger partial charge >= 0.3 is 15.6 Å². The van der Waals surface area contributed by atoms with Gasteiger partial charge < -0.3 is 14.7 Å². The van der Waals surface area contributed by atoms with Crippen LogP contribution in [-0.4, -0.2) is 41.3 Å². The van der Waals surface area contributed by atoms with Crippen LogP contribution in [0.25, 0.3) is 0 Å². The van der Waals surface area contributed by atoms with Gasteiger partial charge in [0, 0.05) is 6.42 Å². The Bertz CT molecular complexity index is 449. The van der Waals surface area contributed by atoms with Crippen LogP contribution in [0.15, 0.2) is 0 Å². The van der Waals surface area contributed by atoms with Crippen LogP contribution in [0.1, 0.15) is 47.0 Å². The molecular formula is C13H29BO8P2. The highest BCUT2D eigenvalue weighted by Gasteiger charge is 2.37. The largest absolute Gasteiger partial charge is 0.472 e. The van der Waals surface area contributed by atoms with E-state index in [0.29, 0.717) is 19.2 Å². The molecule has 24 heavy (non-hydrogen) atoms. The van der Waals surface area contributed by atoms with E-state index in [4.69, 9.17) is 26.7 Å². The van der Waals surface area contributed by atoms with Crippen molar-refractivity contribution in [2.24, 2.45) is 11.8 Å². The van der Waals surface area contributed by atoms with Crippen LogP contribution >= 0.6 is 15.6 Å². The minimum absolute atomic E-state index is 0.00949. The van der Waals surface area contributed by atoms with Crippen molar-refractivity contribution in [3.8, 4) is 0 Å². The lowest BCUT2D eigenvalue weighted by molar-refractivity contribution is -0.00559. The summed E-state index contributed by atoms with van der Waals surface area (Å²) >= 11 is 0. The molecule has 0 fully saturated rings. The Morgan fingerprint density at radius 2 is 1.62 bits per heavy atom. The molecule has 142 valence electrons. The SMILES string of the molecule is [B]CC(COP(=O)(O)OC(CC)(CC)CCOP(=O)(O)O)C(C)C. The molecule has 11 heteroatoms. The summed E-state index contributed by atoms with van der Waals surface area (Å²) in [5.74, 6) is 0.110. The lowest BCUT2D eigenvalue weighted by Crippen LogP contribution is -2.32. The molecule has 0 aromatic heterocycles. The molecule has 0 aromatic rings. The Kier molecular flexibility index (Phi) is 10.6. The van der Waals surface area contributed by atoms with Crippen LogP contribution in [0, 0.1) is 11.8 Å². The van der Waals surface area contributed by atoms with Crippen LogP contribution in [0.3, 0.4) is 0 Å². The molecule has 0 aliphatic carbocycles. The highest BCUT2D eigenvalue weighted by atomic mass is 31.2. The third-order valence-corrected chi connectivity index (χ3v) is 5.72. The zero-order chi connectivity index (χ0) is 19.0. The van der Waals surface area contributed by atoms with Crippen molar-refractivity contribution in [2.45, 2.75) is 58.9 Å². The normalized spacial score (nSPS) is 17.0. The molecule has 0 amide bonds. The molecule has 0 spiro atoms. The first kappa shape index (κ1) is 24.3. The van der Waals surface area contributed by atoms with Gasteiger partial charge in [0.2, 0.25) is 0 Å². The highest BCUT2D eigenvalue weighted by molar-refractivity contribution is 7.47. The second kappa shape index (κ2) is 10.4. The summed E-state index contributed by atoms with van der Waals surface area (Å²) in [5.41, 5.74) is -1.07. The lowest BCUT2D eigenvalue weighted by Gasteiger charge is -2.33. The minimum atomic E-state index is -4.60. The molecule has 0 aliphatic rings. The fraction of sp³-hybridized carbons (Fsp3) is 1.00. The van der Waals surface area contributed by atoms with E-state index in [1.54, 1.807) is 13.8 Å². The molecule has 0 saturated heterocycles. The average Bonchev–Trinajstić information content (AvgIpc) is 2.44. The van der Waals surface area contributed by atoms with E-state index in [-0.39, 0.29) is 31.5 Å². The van der Waals surface area contributed by atoms with Crippen molar-refractivity contribution < 1.29 is 37.4 Å². The van der Waals surface area contributed by atoms with Gasteiger partial charge in [-0.2, -0.15) is 0 Å². The molecule has 2 unspecified atom stereocenters. The molecular weight excluding hydrogens is 357 g/mol. The topological polar surface area (TPSA) is 123 Å². The monoisotopic (exact) mass is 386 g/mol. The van der Waals surface area contributed by atoms with E-state index in [9.17, 15) is 14.0 Å². The molecule has 0 aromatic carbocycles. The fourth-order valence-electron chi connectivity index (χ4n) is 2.12. The van der Waals surface area contributed by atoms with Gasteiger partial charge in [-0.25, -0.2) is 9.13 Å². The predicted molar refractivity (Wildman–Crippen MR) is 91.7 cm³/mol. The molecule has 0 rings (SSSR count). The van der Waals surface area contributed by atoms with Gasteiger partial charge in [0.1, 0.15) is 0 Å². The second-order valence-electron chi connectivity index (χ2n) is 6.06. The van der Waals surface area contributed by atoms with Gasteiger partial charge in [-0.05, 0) is 24.7 Å². The Morgan fingerprint density at radius 1 is 1.08 bits per heavy atom. The summed E-state index contributed by atoms with van der Waals surface area (Å²) in [4.78, 5) is 27.4. The molecule has 0 bridgehead atoms. The van der Waals surface area contributed by atoms with Crippen molar-refractivity contribution >= 4 is 23.5 Å². The number of phosphoric acid groups is 2. The number of phosphoric ester groups is 2. The van der Waals surface area contributed by atoms with Gasteiger partial charge in [0.15, 0.2) is 0 Å². The molecule has 8 nitrogen and oxygen atoms in total. The quantitative estimate of drug-likeness (QED) is 0.326. The summed E-state index contributed by atoms with van der Waals surface area (Å²) in [7, 11) is -3.33. The van der Waals surface area contributed by atoms with E-state index in [2.05, 4.69) is 4.52 Å². The standard InChI is InChI=1S/C13H29BO8P2/c1-5-13(6-2,7-8-20-23(15,16)17)22-24(18,19)21-10-12(9-14)11(3)4/h11-12H,5-10H2,1-4H3,(H,18,19)(H2,15,16,17). The van der Waals surface area contributed by atoms with Crippen molar-refractivity contribution in [3.63, 3.8) is 0 Å². The van der Waals surface area contributed by atoms with Crippen molar-refractivity contribution in [1.29, 1.82) is 0 Å². The first-order valence-electron chi connectivity index (χ1n) is 7.98. The third-order valence-electron chi connectivity index (χ3n) is 4.11. The van der Waals surface area contributed by atoms with Crippen molar-refractivity contribution in [2.75, 3.05) is 13.2 Å². The minimum Gasteiger partial charge on any atom is -0.303 e. The molecule has 2 atom stereocenters. The lowest BCUT2D eigenvalue weighted by atomic mass is 9.84. The average molecular weight is 386 g/mol. The molecule has 0 saturated carbocycles. The third kappa shape index (κ3) is 9.69. The number of rotatable bonds is 13. The van der Waals surface area contributed by atoms with Crippen LogP contribution in [0.2, 0.25) is 6.32 Å². The Hall–Kier alpha value is 0.285. The molecule has 3 N–H and O–H groups in total. The van der Waals surface area contributed by atoms with Crippen LogP contribution < -0.4 is 0 Å². The summed E-state index contributed by atoms with van der Waals surface area (Å²) in [6, 6.07) is 0. The fourth-order valence-corrected chi connectivity index (χ4v) is 3.72.